The number of nitrogens with zero attached hydrogens (tertiary/aromatic N) is 2. The number of benzene rings is 2. The predicted octanol–water partition coefficient (Wildman–Crippen LogP) is 3.58. The molecule has 2 aromatic rings. The van der Waals surface area contributed by atoms with Crippen molar-refractivity contribution in [2.75, 3.05) is 20.1 Å². The Hall–Kier alpha value is -3.09. The molecule has 6 nitrogen and oxygen atoms in total. The van der Waals surface area contributed by atoms with Gasteiger partial charge in [-0.3, -0.25) is 9.69 Å². The molecule has 192 valence electrons. The lowest BCUT2D eigenvalue weighted by Gasteiger charge is -2.62. The van der Waals surface area contributed by atoms with Crippen LogP contribution in [0.3, 0.4) is 0 Å². The van der Waals surface area contributed by atoms with Gasteiger partial charge in [0.25, 0.3) is 0 Å². The van der Waals surface area contributed by atoms with Crippen molar-refractivity contribution in [1.82, 2.24) is 9.80 Å². The Morgan fingerprint density at radius 3 is 2.89 bits per heavy atom. The standard InChI is InChI=1S/C31H34N2O4/c1-19-4-3-5-20(16-19)8-11-26(35)32(2)23-12-13-31(36)25-17-22-9-10-24(34)28-27(22)30(31,29(23)37-28)14-15-33(25)18-21-6-7-21/h3-5,8-13,16,21,23,25,29,34,36H,6-7,14-15,17-18H2,1-2H3/b11-8+/t23?,25-,29?,30+,31-/m1/s1. The van der Waals surface area contributed by atoms with E-state index in [0.29, 0.717) is 5.75 Å². The second kappa shape index (κ2) is 7.95. The quantitative estimate of drug-likeness (QED) is 0.487. The van der Waals surface area contributed by atoms with Crippen LogP contribution >= 0.6 is 0 Å². The molecule has 2 aliphatic heterocycles. The van der Waals surface area contributed by atoms with Crippen molar-refractivity contribution in [3.05, 3.63) is 76.9 Å². The molecule has 2 fully saturated rings. The number of hydrogen-bond donors (Lipinski definition) is 2. The van der Waals surface area contributed by atoms with Crippen LogP contribution < -0.4 is 4.74 Å². The number of ether oxygens (including phenoxy) is 1. The average Bonchev–Trinajstić information content (AvgIpc) is 3.62. The van der Waals surface area contributed by atoms with Crippen molar-refractivity contribution in [3.8, 4) is 11.5 Å². The van der Waals surface area contributed by atoms with Crippen molar-refractivity contribution in [2.24, 2.45) is 5.92 Å². The first kappa shape index (κ1) is 23.1. The molecule has 3 aliphatic carbocycles. The Labute approximate surface area is 217 Å². The fourth-order valence-electron chi connectivity index (χ4n) is 7.56. The van der Waals surface area contributed by atoms with Crippen LogP contribution in [-0.4, -0.2) is 69.8 Å². The Kier molecular flexibility index (Phi) is 4.96. The van der Waals surface area contributed by atoms with Crippen molar-refractivity contribution in [2.45, 2.75) is 61.8 Å². The summed E-state index contributed by atoms with van der Waals surface area (Å²) in [5.41, 5.74) is 2.40. The Bertz CT molecular complexity index is 1350. The third-order valence-corrected chi connectivity index (χ3v) is 9.57. The molecular weight excluding hydrogens is 464 g/mol. The number of aliphatic hydroxyl groups is 1. The van der Waals surface area contributed by atoms with Gasteiger partial charge in [0.15, 0.2) is 11.5 Å². The molecule has 2 heterocycles. The molecule has 2 bridgehead atoms. The Balaban J connectivity index is 1.27. The maximum Gasteiger partial charge on any atom is 0.246 e. The van der Waals surface area contributed by atoms with E-state index >= 15 is 0 Å². The summed E-state index contributed by atoms with van der Waals surface area (Å²) >= 11 is 0. The second-order valence-corrected chi connectivity index (χ2v) is 11.7. The van der Waals surface area contributed by atoms with E-state index in [1.807, 2.05) is 55.5 Å². The van der Waals surface area contributed by atoms with Crippen LogP contribution in [-0.2, 0) is 16.6 Å². The van der Waals surface area contributed by atoms with Crippen LogP contribution in [0.4, 0.5) is 0 Å². The van der Waals surface area contributed by atoms with Gasteiger partial charge in [0.05, 0.1) is 11.5 Å². The van der Waals surface area contributed by atoms with Crippen molar-refractivity contribution in [3.63, 3.8) is 0 Å². The number of aryl methyl sites for hydroxylation is 1. The van der Waals surface area contributed by atoms with Crippen LogP contribution in [0.25, 0.3) is 6.08 Å². The summed E-state index contributed by atoms with van der Waals surface area (Å²) < 4.78 is 6.57. The summed E-state index contributed by atoms with van der Waals surface area (Å²) in [6, 6.07) is 11.3. The van der Waals surface area contributed by atoms with Gasteiger partial charge >= 0.3 is 0 Å². The number of hydrogen-bond acceptors (Lipinski definition) is 5. The lowest BCUT2D eigenvalue weighted by atomic mass is 9.50. The zero-order chi connectivity index (χ0) is 25.5. The first-order valence-corrected chi connectivity index (χ1v) is 13.5. The maximum absolute atomic E-state index is 13.4. The third kappa shape index (κ3) is 3.21. The van der Waals surface area contributed by atoms with Crippen molar-refractivity contribution >= 4 is 12.0 Å². The van der Waals surface area contributed by atoms with Crippen molar-refractivity contribution < 1.29 is 19.7 Å². The van der Waals surface area contributed by atoms with Crippen LogP contribution in [0.5, 0.6) is 11.5 Å². The highest BCUT2D eigenvalue weighted by Crippen LogP contribution is 2.64. The topological polar surface area (TPSA) is 73.2 Å². The first-order valence-electron chi connectivity index (χ1n) is 13.5. The van der Waals surface area contributed by atoms with E-state index < -0.39 is 17.1 Å². The van der Waals surface area contributed by atoms with Gasteiger partial charge in [0.2, 0.25) is 5.91 Å². The lowest BCUT2D eigenvalue weighted by Crippen LogP contribution is -2.76. The van der Waals surface area contributed by atoms with Crippen LogP contribution in [0.2, 0.25) is 0 Å². The minimum atomic E-state index is -1.12. The summed E-state index contributed by atoms with van der Waals surface area (Å²) in [7, 11) is 1.80. The zero-order valence-electron chi connectivity index (χ0n) is 21.4. The lowest BCUT2D eigenvalue weighted by molar-refractivity contribution is -0.154. The van der Waals surface area contributed by atoms with Crippen LogP contribution in [0, 0.1) is 12.8 Å². The molecule has 5 aliphatic rings. The molecule has 37 heavy (non-hydrogen) atoms. The molecule has 1 amide bonds. The van der Waals surface area contributed by atoms with E-state index in [9.17, 15) is 15.0 Å². The number of carbonyl (C=O) groups is 1. The predicted molar refractivity (Wildman–Crippen MR) is 141 cm³/mol. The van der Waals surface area contributed by atoms with E-state index in [4.69, 9.17) is 4.74 Å². The minimum absolute atomic E-state index is 0.0460. The summed E-state index contributed by atoms with van der Waals surface area (Å²) in [6.07, 6.45) is 10.9. The Morgan fingerprint density at radius 2 is 2.11 bits per heavy atom. The minimum Gasteiger partial charge on any atom is -0.504 e. The monoisotopic (exact) mass is 498 g/mol. The average molecular weight is 499 g/mol. The number of piperidine rings is 1. The molecule has 1 saturated heterocycles. The normalized spacial score (nSPS) is 33.3. The van der Waals surface area contributed by atoms with Gasteiger partial charge in [0, 0.05) is 31.3 Å². The molecule has 5 atom stereocenters. The van der Waals surface area contributed by atoms with E-state index in [1.165, 1.54) is 12.8 Å². The number of carbonyl (C=O) groups excluding carboxylic acids is 1. The van der Waals surface area contributed by atoms with Gasteiger partial charge in [0.1, 0.15) is 11.7 Å². The summed E-state index contributed by atoms with van der Waals surface area (Å²) in [5.74, 6) is 1.20. The highest BCUT2D eigenvalue weighted by molar-refractivity contribution is 5.92. The number of phenols is 1. The smallest absolute Gasteiger partial charge is 0.246 e. The van der Waals surface area contributed by atoms with E-state index in [0.717, 1.165) is 54.1 Å². The summed E-state index contributed by atoms with van der Waals surface area (Å²) in [6.45, 7) is 3.93. The first-order chi connectivity index (χ1) is 17.8. The number of phenolic OH excluding ortho intramolecular Hbond substituents is 1. The van der Waals surface area contributed by atoms with Gasteiger partial charge in [-0.15, -0.1) is 0 Å². The van der Waals surface area contributed by atoms with E-state index in [2.05, 4.69) is 4.90 Å². The highest BCUT2D eigenvalue weighted by atomic mass is 16.5. The number of amides is 1. The third-order valence-electron chi connectivity index (χ3n) is 9.57. The van der Waals surface area contributed by atoms with Gasteiger partial charge in [-0.1, -0.05) is 48.0 Å². The van der Waals surface area contributed by atoms with Gasteiger partial charge < -0.3 is 19.8 Å². The molecule has 2 N–H and O–H groups in total. The van der Waals surface area contributed by atoms with E-state index in [-0.39, 0.29) is 23.7 Å². The molecule has 1 spiro atoms. The molecular formula is C31H34N2O4. The molecule has 1 saturated carbocycles. The van der Waals surface area contributed by atoms with Crippen molar-refractivity contribution in [1.29, 1.82) is 0 Å². The van der Waals surface area contributed by atoms with Gasteiger partial charge in [-0.05, 0) is 68.3 Å². The molecule has 2 unspecified atom stereocenters. The molecule has 7 rings (SSSR count). The zero-order valence-corrected chi connectivity index (χ0v) is 21.4. The largest absolute Gasteiger partial charge is 0.504 e. The number of likely N-dealkylation sites (tertiary alicyclic amines) is 1. The summed E-state index contributed by atoms with van der Waals surface area (Å²) in [4.78, 5) is 17.5. The molecule has 0 radical (unpaired) electrons. The molecule has 6 heteroatoms. The van der Waals surface area contributed by atoms with Gasteiger partial charge in [-0.25, -0.2) is 0 Å². The summed E-state index contributed by atoms with van der Waals surface area (Å²) in [5, 5.41) is 23.3. The van der Waals surface area contributed by atoms with Crippen LogP contribution in [0.1, 0.15) is 41.5 Å². The molecule has 0 aromatic heterocycles. The number of likely N-dealkylation sites (N-methyl/N-ethyl adjacent to an activating group) is 1. The fourth-order valence-corrected chi connectivity index (χ4v) is 7.56. The maximum atomic E-state index is 13.4. The van der Waals surface area contributed by atoms with E-state index in [1.54, 1.807) is 24.1 Å². The molecule has 2 aromatic carbocycles. The SMILES string of the molecule is Cc1cccc(/C=C/C(=O)N(C)C2C=C[C@@]3(O)[C@H]4Cc5ccc(O)c6c5[C@@]3(CCN4CC3CC3)C2O6)c1. The van der Waals surface area contributed by atoms with Crippen LogP contribution in [0.15, 0.2) is 54.6 Å². The Morgan fingerprint density at radius 1 is 1.27 bits per heavy atom. The fraction of sp³-hybridized carbons (Fsp3) is 0.452. The number of aromatic hydroxyl groups is 1. The second-order valence-electron chi connectivity index (χ2n) is 11.7. The van der Waals surface area contributed by atoms with Gasteiger partial charge in [-0.2, -0.15) is 0 Å². The highest BCUT2D eigenvalue weighted by Gasteiger charge is 2.72. The number of rotatable bonds is 5.